The van der Waals surface area contributed by atoms with Crippen LogP contribution in [-0.2, 0) is 11.8 Å². The maximum Gasteiger partial charge on any atom is 0.263 e. The Morgan fingerprint density at radius 3 is 2.50 bits per heavy atom. The molecule has 0 aliphatic heterocycles. The number of aromatic nitrogens is 2. The predicted molar refractivity (Wildman–Crippen MR) is 127 cm³/mol. The molecule has 0 saturated heterocycles. The zero-order valence-corrected chi connectivity index (χ0v) is 19.0. The molecule has 0 fully saturated rings. The summed E-state index contributed by atoms with van der Waals surface area (Å²) in [5, 5.41) is 0.802. The molecule has 4 rings (SSSR count). The number of unbranched alkanes of at least 4 members (excludes halogenated alkanes) is 2. The van der Waals surface area contributed by atoms with Crippen LogP contribution >= 0.6 is 11.8 Å². The molecule has 4 heteroatoms. The standard InChI is InChI=1S/C26H30N2OS/c1-4-6-12-17-30-25-27-23-21-16-11-10-13-19(21)18-26(3,5-2)22(23)24(29)28(25)20-14-8-7-9-15-20/h7-11,13-16H,4-6,12,17-18H2,1-3H3/t26-/m0/s1. The highest BCUT2D eigenvalue weighted by Gasteiger charge is 2.38. The monoisotopic (exact) mass is 418 g/mol. The lowest BCUT2D eigenvalue weighted by Crippen LogP contribution is -2.39. The van der Waals surface area contributed by atoms with Gasteiger partial charge in [-0.15, -0.1) is 0 Å². The van der Waals surface area contributed by atoms with Gasteiger partial charge in [-0.2, -0.15) is 0 Å². The SMILES string of the molecule is CCCCCSc1nc2c(c(=O)n1-c1ccccc1)[C@@](C)(CC)Cc1ccccc1-2. The van der Waals surface area contributed by atoms with Crippen LogP contribution in [0.3, 0.4) is 0 Å². The number of hydrogen-bond donors (Lipinski definition) is 0. The summed E-state index contributed by atoms with van der Waals surface area (Å²) < 4.78 is 1.84. The zero-order valence-electron chi connectivity index (χ0n) is 18.1. The molecule has 0 spiro atoms. The van der Waals surface area contributed by atoms with Gasteiger partial charge >= 0.3 is 0 Å². The molecule has 1 aliphatic rings. The van der Waals surface area contributed by atoms with Gasteiger partial charge < -0.3 is 0 Å². The van der Waals surface area contributed by atoms with Gasteiger partial charge in [0.15, 0.2) is 5.16 Å². The van der Waals surface area contributed by atoms with E-state index in [1.807, 2.05) is 34.9 Å². The smallest absolute Gasteiger partial charge is 0.263 e. The maximum absolute atomic E-state index is 14.0. The first kappa shape index (κ1) is 20.9. The van der Waals surface area contributed by atoms with Crippen molar-refractivity contribution in [1.82, 2.24) is 9.55 Å². The minimum atomic E-state index is -0.213. The number of thioether (sulfide) groups is 1. The summed E-state index contributed by atoms with van der Waals surface area (Å²) in [6.07, 6.45) is 5.30. The van der Waals surface area contributed by atoms with Gasteiger partial charge in [-0.25, -0.2) is 4.98 Å². The van der Waals surface area contributed by atoms with Gasteiger partial charge in [0, 0.05) is 16.7 Å². The van der Waals surface area contributed by atoms with E-state index in [9.17, 15) is 4.79 Å². The molecule has 0 N–H and O–H groups in total. The Balaban J connectivity index is 1.96. The Labute approximate surface area is 183 Å². The summed E-state index contributed by atoms with van der Waals surface area (Å²) in [4.78, 5) is 19.2. The van der Waals surface area contributed by atoms with Crippen LogP contribution in [-0.4, -0.2) is 15.3 Å². The lowest BCUT2D eigenvalue weighted by Gasteiger charge is -2.35. The molecule has 2 aromatic carbocycles. The fourth-order valence-corrected chi connectivity index (χ4v) is 5.38. The van der Waals surface area contributed by atoms with E-state index in [1.54, 1.807) is 11.8 Å². The molecule has 0 unspecified atom stereocenters. The second-order valence-corrected chi connectivity index (χ2v) is 9.46. The Bertz CT molecular complexity index is 1090. The third kappa shape index (κ3) is 3.74. The van der Waals surface area contributed by atoms with Crippen LogP contribution in [0.4, 0.5) is 0 Å². The molecular formula is C26H30N2OS. The van der Waals surface area contributed by atoms with Crippen molar-refractivity contribution in [3.05, 3.63) is 76.1 Å². The maximum atomic E-state index is 14.0. The summed E-state index contributed by atoms with van der Waals surface area (Å²) in [6, 6.07) is 18.4. The van der Waals surface area contributed by atoms with Crippen molar-refractivity contribution in [1.29, 1.82) is 0 Å². The topological polar surface area (TPSA) is 34.9 Å². The summed E-state index contributed by atoms with van der Waals surface area (Å²) in [5.41, 5.74) is 4.93. The summed E-state index contributed by atoms with van der Waals surface area (Å²) in [7, 11) is 0. The van der Waals surface area contributed by atoms with Gasteiger partial charge in [-0.1, -0.05) is 87.8 Å². The molecule has 30 heavy (non-hydrogen) atoms. The first-order valence-electron chi connectivity index (χ1n) is 11.0. The van der Waals surface area contributed by atoms with Crippen LogP contribution in [0.1, 0.15) is 57.6 Å². The van der Waals surface area contributed by atoms with Crippen molar-refractivity contribution in [3.63, 3.8) is 0 Å². The van der Waals surface area contributed by atoms with Crippen LogP contribution in [0.2, 0.25) is 0 Å². The van der Waals surface area contributed by atoms with E-state index in [1.165, 1.54) is 18.4 Å². The summed E-state index contributed by atoms with van der Waals surface area (Å²) in [5.74, 6) is 0.971. The predicted octanol–water partition coefficient (Wildman–Crippen LogP) is 6.41. The Morgan fingerprint density at radius 2 is 1.77 bits per heavy atom. The van der Waals surface area contributed by atoms with Gasteiger partial charge in [0.05, 0.1) is 16.9 Å². The molecule has 1 aliphatic carbocycles. The number of para-hydroxylation sites is 1. The molecule has 1 heterocycles. The fourth-order valence-electron chi connectivity index (χ4n) is 4.37. The third-order valence-corrected chi connectivity index (χ3v) is 7.31. The van der Waals surface area contributed by atoms with Gasteiger partial charge in [-0.05, 0) is 37.0 Å². The number of benzene rings is 2. The van der Waals surface area contributed by atoms with Crippen LogP contribution in [0.5, 0.6) is 0 Å². The second kappa shape index (κ2) is 8.81. The summed E-state index contributed by atoms with van der Waals surface area (Å²) >= 11 is 1.70. The number of fused-ring (bicyclic) bond motifs is 3. The molecule has 156 valence electrons. The molecule has 3 nitrogen and oxygen atoms in total. The van der Waals surface area contributed by atoms with E-state index < -0.39 is 0 Å². The minimum absolute atomic E-state index is 0.0862. The minimum Gasteiger partial charge on any atom is -0.268 e. The van der Waals surface area contributed by atoms with Crippen molar-refractivity contribution in [2.75, 3.05) is 5.75 Å². The lowest BCUT2D eigenvalue weighted by molar-refractivity contribution is 0.435. The highest BCUT2D eigenvalue weighted by atomic mass is 32.2. The molecule has 1 atom stereocenters. The van der Waals surface area contributed by atoms with Crippen LogP contribution in [0, 0.1) is 0 Å². The van der Waals surface area contributed by atoms with E-state index in [0.29, 0.717) is 0 Å². The van der Waals surface area contributed by atoms with Gasteiger partial charge in [0.25, 0.3) is 5.56 Å². The Morgan fingerprint density at radius 1 is 1.03 bits per heavy atom. The van der Waals surface area contributed by atoms with Gasteiger partial charge in [0.2, 0.25) is 0 Å². The molecule has 3 aromatic rings. The van der Waals surface area contributed by atoms with E-state index in [2.05, 4.69) is 45.0 Å². The highest BCUT2D eigenvalue weighted by molar-refractivity contribution is 7.99. The van der Waals surface area contributed by atoms with Crippen molar-refractivity contribution in [2.24, 2.45) is 0 Å². The van der Waals surface area contributed by atoms with Gasteiger partial charge in [-0.3, -0.25) is 9.36 Å². The average Bonchev–Trinajstić information content (AvgIpc) is 2.77. The van der Waals surface area contributed by atoms with Crippen molar-refractivity contribution < 1.29 is 0 Å². The third-order valence-electron chi connectivity index (χ3n) is 6.28. The largest absolute Gasteiger partial charge is 0.268 e. The normalized spacial score (nSPS) is 17.4. The molecule has 0 saturated carbocycles. The lowest BCUT2D eigenvalue weighted by atomic mass is 9.69. The van der Waals surface area contributed by atoms with E-state index in [0.717, 1.165) is 52.7 Å². The number of nitrogens with zero attached hydrogens (tertiary/aromatic N) is 2. The molecule has 0 amide bonds. The van der Waals surface area contributed by atoms with E-state index >= 15 is 0 Å². The van der Waals surface area contributed by atoms with Crippen molar-refractivity contribution >= 4 is 11.8 Å². The van der Waals surface area contributed by atoms with E-state index in [-0.39, 0.29) is 11.0 Å². The second-order valence-electron chi connectivity index (χ2n) is 8.40. The quantitative estimate of drug-likeness (QED) is 0.253. The number of rotatable bonds is 7. The fraction of sp³-hybridized carbons (Fsp3) is 0.385. The highest BCUT2D eigenvalue weighted by Crippen LogP contribution is 2.43. The van der Waals surface area contributed by atoms with Gasteiger partial charge in [0.1, 0.15) is 0 Å². The van der Waals surface area contributed by atoms with Crippen LogP contribution < -0.4 is 5.56 Å². The summed E-state index contributed by atoms with van der Waals surface area (Å²) in [6.45, 7) is 6.61. The molecule has 0 bridgehead atoms. The Hall–Kier alpha value is -2.33. The van der Waals surface area contributed by atoms with Crippen molar-refractivity contribution in [3.8, 4) is 16.9 Å². The van der Waals surface area contributed by atoms with Crippen LogP contribution in [0.25, 0.3) is 16.9 Å². The average molecular weight is 419 g/mol. The number of hydrogen-bond acceptors (Lipinski definition) is 3. The van der Waals surface area contributed by atoms with Crippen LogP contribution in [0.15, 0.2) is 64.5 Å². The first-order chi connectivity index (χ1) is 14.6. The molecule has 1 aromatic heterocycles. The first-order valence-corrected chi connectivity index (χ1v) is 12.0. The van der Waals surface area contributed by atoms with E-state index in [4.69, 9.17) is 4.98 Å². The molecular weight excluding hydrogens is 388 g/mol. The zero-order chi connectivity index (χ0) is 21.1. The van der Waals surface area contributed by atoms with Crippen molar-refractivity contribution in [2.45, 2.75) is 63.4 Å². The molecule has 0 radical (unpaired) electrons. The Kier molecular flexibility index (Phi) is 6.14.